The zero-order valence-electron chi connectivity index (χ0n) is 15.0. The van der Waals surface area contributed by atoms with Crippen LogP contribution in [0.4, 0.5) is 15.6 Å². The predicted octanol–water partition coefficient (Wildman–Crippen LogP) is 2.55. The molecule has 1 aromatic carbocycles. The highest BCUT2D eigenvalue weighted by Gasteiger charge is 2.45. The number of rotatable bonds is 5. The average molecular weight is 400 g/mol. The second-order valence-corrected chi connectivity index (χ2v) is 6.92. The van der Waals surface area contributed by atoms with Gasteiger partial charge >= 0.3 is 6.03 Å². The molecule has 144 valence electrons. The fraction of sp³-hybridized carbons (Fsp3) is 0.111. The second kappa shape index (κ2) is 7.62. The van der Waals surface area contributed by atoms with Crippen molar-refractivity contribution in [1.82, 2.24) is 9.88 Å². The maximum atomic E-state index is 13.0. The van der Waals surface area contributed by atoms with Crippen molar-refractivity contribution in [3.05, 3.63) is 59.4 Å². The first-order chi connectivity index (χ1) is 13.3. The van der Waals surface area contributed by atoms with Crippen LogP contribution in [0.1, 0.15) is 4.88 Å². The lowest BCUT2D eigenvalue weighted by molar-refractivity contribution is -0.219. The molecular weight excluding hydrogens is 384 g/mol. The molecule has 1 aliphatic heterocycles. The quantitative estimate of drug-likeness (QED) is 0.270. The van der Waals surface area contributed by atoms with Gasteiger partial charge in [-0.05, 0) is 24.8 Å². The van der Waals surface area contributed by atoms with Crippen molar-refractivity contribution in [2.45, 2.75) is 0 Å². The number of nitrogens with zero attached hydrogens (tertiary/aromatic N) is 4. The van der Waals surface area contributed by atoms with Crippen LogP contribution >= 0.6 is 11.3 Å². The molecule has 28 heavy (non-hydrogen) atoms. The molecule has 0 unspecified atom stereocenters. The number of para-hydroxylation sites is 1. The van der Waals surface area contributed by atoms with E-state index in [1.54, 1.807) is 35.2 Å². The van der Waals surface area contributed by atoms with Crippen LogP contribution in [0.3, 0.4) is 0 Å². The molecule has 1 saturated heterocycles. The van der Waals surface area contributed by atoms with E-state index in [1.807, 2.05) is 14.1 Å². The first kappa shape index (κ1) is 19.3. The molecule has 1 fully saturated rings. The smallest absolute Gasteiger partial charge is 0.345 e. The van der Waals surface area contributed by atoms with E-state index in [9.17, 15) is 14.4 Å². The third kappa shape index (κ3) is 3.38. The van der Waals surface area contributed by atoms with E-state index in [4.69, 9.17) is 5.26 Å². The first-order valence-corrected chi connectivity index (χ1v) is 8.80. The molecule has 0 saturated carbocycles. The summed E-state index contributed by atoms with van der Waals surface area (Å²) in [7, 11) is 3.62. The van der Waals surface area contributed by atoms with Crippen molar-refractivity contribution >= 4 is 46.1 Å². The van der Waals surface area contributed by atoms with Crippen LogP contribution in [0.25, 0.3) is 6.08 Å². The van der Waals surface area contributed by atoms with Crippen LogP contribution in [0.5, 0.6) is 0 Å². The van der Waals surface area contributed by atoms with Crippen molar-refractivity contribution in [2.24, 2.45) is 0 Å². The topological polar surface area (TPSA) is 103 Å². The lowest BCUT2D eigenvalue weighted by Crippen LogP contribution is -2.56. The molecule has 4 amide bonds. The number of thiazole rings is 1. The second-order valence-electron chi connectivity index (χ2n) is 5.88. The summed E-state index contributed by atoms with van der Waals surface area (Å²) in [6.07, 6.45) is 2.86. The van der Waals surface area contributed by atoms with Gasteiger partial charge in [0.2, 0.25) is 5.88 Å². The minimum atomic E-state index is -1.00. The van der Waals surface area contributed by atoms with E-state index in [0.29, 0.717) is 14.9 Å². The maximum Gasteiger partial charge on any atom is 0.345 e. The van der Waals surface area contributed by atoms with E-state index in [2.05, 4.69) is 16.5 Å². The van der Waals surface area contributed by atoms with Gasteiger partial charge in [-0.25, -0.2) is 19.9 Å². The lowest BCUT2D eigenvalue weighted by Gasteiger charge is -2.33. The lowest BCUT2D eigenvalue weighted by atomic mass is 10.1. The van der Waals surface area contributed by atoms with Gasteiger partial charge in [-0.2, -0.15) is 4.90 Å². The first-order valence-electron chi connectivity index (χ1n) is 7.98. The zero-order valence-corrected chi connectivity index (χ0v) is 15.8. The van der Waals surface area contributed by atoms with Crippen LogP contribution in [-0.4, -0.2) is 47.1 Å². The number of carbonyl (C=O) groups is 3. The maximum absolute atomic E-state index is 13.0. The number of benzene rings is 1. The van der Waals surface area contributed by atoms with Gasteiger partial charge in [0.1, 0.15) is 5.57 Å². The average Bonchev–Trinajstić information content (AvgIpc) is 3.15. The summed E-state index contributed by atoms with van der Waals surface area (Å²) in [4.78, 5) is 50.3. The molecule has 0 aliphatic carbocycles. The molecule has 0 atom stereocenters. The minimum Gasteiger partial charge on any atom is -0.354 e. The Morgan fingerprint density at radius 2 is 1.89 bits per heavy atom. The molecule has 1 aromatic heterocycles. The number of amides is 4. The Morgan fingerprint density at radius 3 is 2.46 bits per heavy atom. The van der Waals surface area contributed by atoms with E-state index < -0.39 is 23.7 Å². The van der Waals surface area contributed by atoms with E-state index in [-0.39, 0.29) is 11.3 Å². The number of imide groups is 2. The number of hydrogen-bond donors (Lipinski definition) is 1. The normalized spacial score (nSPS) is 16.0. The third-order valence-electron chi connectivity index (χ3n) is 3.80. The fourth-order valence-electron chi connectivity index (χ4n) is 2.49. The summed E-state index contributed by atoms with van der Waals surface area (Å²) in [5, 5.41) is 9.58. The van der Waals surface area contributed by atoms with E-state index >= 15 is 0 Å². The highest BCUT2D eigenvalue weighted by Crippen LogP contribution is 2.29. The number of aromatic nitrogens is 1. The summed E-state index contributed by atoms with van der Waals surface area (Å²) in [5.41, 5.74) is -0.0412. The fourth-order valence-corrected chi connectivity index (χ4v) is 3.27. The van der Waals surface area contributed by atoms with Crippen molar-refractivity contribution in [3.8, 4) is 0 Å². The van der Waals surface area contributed by atoms with Crippen LogP contribution in [0.15, 0.2) is 54.6 Å². The van der Waals surface area contributed by atoms with Gasteiger partial charge in [0, 0.05) is 20.3 Å². The van der Waals surface area contributed by atoms with Gasteiger partial charge in [-0.1, -0.05) is 29.5 Å². The summed E-state index contributed by atoms with van der Waals surface area (Å²) in [5.74, 6) is -2.38. The molecule has 0 spiro atoms. The number of barbiturate groups is 1. The molecule has 3 rings (SSSR count). The monoisotopic (exact) mass is 400 g/mol. The standard InChI is InChI=1S/C18H16N4O5S/c1-11(27-26)21-15(23)14(9-13-10-19-17(28-13)20(2)3)16(24)22(18(21)25)12-7-5-4-6-8-12/h4-10,26H,1H2,2-3H3. The van der Waals surface area contributed by atoms with E-state index in [1.165, 1.54) is 23.6 Å². The Bertz CT molecular complexity index is 983. The molecule has 0 bridgehead atoms. The Hall–Kier alpha value is -3.50. The third-order valence-corrected chi connectivity index (χ3v) is 4.91. The zero-order chi connectivity index (χ0) is 20.4. The van der Waals surface area contributed by atoms with Gasteiger partial charge in [-0.15, -0.1) is 0 Å². The van der Waals surface area contributed by atoms with Gasteiger partial charge in [0.25, 0.3) is 11.8 Å². The number of anilines is 2. The van der Waals surface area contributed by atoms with Crippen LogP contribution in [0.2, 0.25) is 0 Å². The number of urea groups is 1. The highest BCUT2D eigenvalue weighted by atomic mass is 32.1. The van der Waals surface area contributed by atoms with Crippen LogP contribution in [0, 0.1) is 0 Å². The van der Waals surface area contributed by atoms with Crippen LogP contribution < -0.4 is 9.80 Å². The van der Waals surface area contributed by atoms with Crippen molar-refractivity contribution < 1.29 is 24.5 Å². The van der Waals surface area contributed by atoms with Crippen molar-refractivity contribution in [2.75, 3.05) is 23.9 Å². The molecular formula is C18H16N4O5S. The molecule has 10 heteroatoms. The summed E-state index contributed by atoms with van der Waals surface area (Å²) < 4.78 is 0. The van der Waals surface area contributed by atoms with E-state index in [0.717, 1.165) is 4.90 Å². The van der Waals surface area contributed by atoms with Crippen molar-refractivity contribution in [3.63, 3.8) is 0 Å². The molecule has 0 radical (unpaired) electrons. The molecule has 2 heterocycles. The Morgan fingerprint density at radius 1 is 1.21 bits per heavy atom. The SMILES string of the molecule is C=C(OO)N1C(=O)C(=Cc2cnc(N(C)C)s2)C(=O)N(c2ccccc2)C1=O. The predicted molar refractivity (Wildman–Crippen MR) is 103 cm³/mol. The van der Waals surface area contributed by atoms with Crippen molar-refractivity contribution in [1.29, 1.82) is 0 Å². The summed E-state index contributed by atoms with van der Waals surface area (Å²) >= 11 is 1.26. The Kier molecular flexibility index (Phi) is 5.25. The van der Waals surface area contributed by atoms with Gasteiger partial charge in [0.15, 0.2) is 5.13 Å². The largest absolute Gasteiger partial charge is 0.354 e. The Labute approximate surface area is 164 Å². The number of hydrogen-bond acceptors (Lipinski definition) is 8. The highest BCUT2D eigenvalue weighted by molar-refractivity contribution is 7.16. The minimum absolute atomic E-state index is 0.255. The number of carbonyl (C=O) groups excluding carboxylic acids is 3. The molecule has 1 N–H and O–H groups in total. The van der Waals surface area contributed by atoms with Gasteiger partial charge in [0.05, 0.1) is 10.6 Å². The van der Waals surface area contributed by atoms with Gasteiger partial charge in [-0.3, -0.25) is 9.59 Å². The summed E-state index contributed by atoms with van der Waals surface area (Å²) in [6.45, 7) is 3.35. The Balaban J connectivity index is 2.10. The van der Waals surface area contributed by atoms with Crippen LogP contribution in [-0.2, 0) is 14.5 Å². The summed E-state index contributed by atoms with van der Waals surface area (Å²) in [6, 6.07) is 7.09. The molecule has 2 aromatic rings. The molecule has 1 aliphatic rings. The van der Waals surface area contributed by atoms with Gasteiger partial charge < -0.3 is 9.79 Å². The molecule has 9 nitrogen and oxygen atoms in total.